The summed E-state index contributed by atoms with van der Waals surface area (Å²) in [5, 5.41) is 3.05. The Kier molecular flexibility index (Phi) is 8.22. The number of anilines is 1. The van der Waals surface area contributed by atoms with E-state index in [9.17, 15) is 14.4 Å². The highest BCUT2D eigenvalue weighted by Gasteiger charge is 2.42. The van der Waals surface area contributed by atoms with Crippen LogP contribution in [-0.2, 0) is 19.8 Å². The summed E-state index contributed by atoms with van der Waals surface area (Å²) >= 11 is 0. The summed E-state index contributed by atoms with van der Waals surface area (Å²) in [5.74, 6) is -0.600. The smallest absolute Gasteiger partial charge is 0.250 e. The SMILES string of the molecule is CCC(=O)N1CCC[C@H]1C(=O)N(c1ccc(C(C)(C)C)cc1)C(C(=O)NC(C)(C)C)c1cccnc1. The molecule has 1 aliphatic rings. The van der Waals surface area contributed by atoms with Crippen LogP contribution in [0.4, 0.5) is 5.69 Å². The first-order chi connectivity index (χ1) is 16.8. The van der Waals surface area contributed by atoms with Gasteiger partial charge in [-0.1, -0.05) is 45.9 Å². The highest BCUT2D eigenvalue weighted by molar-refractivity contribution is 6.05. The van der Waals surface area contributed by atoms with E-state index in [1.807, 2.05) is 51.1 Å². The number of amides is 3. The minimum absolute atomic E-state index is 0.0500. The Balaban J connectivity index is 2.16. The highest BCUT2D eigenvalue weighted by Crippen LogP contribution is 2.33. The molecule has 7 nitrogen and oxygen atoms in total. The molecule has 7 heteroatoms. The predicted octanol–water partition coefficient (Wildman–Crippen LogP) is 4.77. The van der Waals surface area contributed by atoms with Gasteiger partial charge in [-0.05, 0) is 62.8 Å². The second-order valence-corrected chi connectivity index (χ2v) is 11.5. The number of carbonyl (C=O) groups is 3. The molecule has 3 amide bonds. The minimum atomic E-state index is -0.940. The lowest BCUT2D eigenvalue weighted by Crippen LogP contribution is -2.54. The molecule has 1 saturated heterocycles. The number of rotatable bonds is 6. The van der Waals surface area contributed by atoms with Crippen LogP contribution in [0, 0.1) is 0 Å². The topological polar surface area (TPSA) is 82.6 Å². The van der Waals surface area contributed by atoms with E-state index in [-0.39, 0.29) is 23.1 Å². The zero-order valence-electron chi connectivity index (χ0n) is 22.7. The number of nitrogens with zero attached hydrogens (tertiary/aromatic N) is 3. The van der Waals surface area contributed by atoms with Crippen LogP contribution in [0.5, 0.6) is 0 Å². The van der Waals surface area contributed by atoms with Gasteiger partial charge < -0.3 is 10.2 Å². The third-order valence-corrected chi connectivity index (χ3v) is 6.41. The van der Waals surface area contributed by atoms with Gasteiger partial charge in [-0.3, -0.25) is 24.3 Å². The summed E-state index contributed by atoms with van der Waals surface area (Å²) in [4.78, 5) is 48.2. The van der Waals surface area contributed by atoms with Gasteiger partial charge in [0.15, 0.2) is 0 Å². The normalized spacial score (nSPS) is 17.0. The molecule has 1 fully saturated rings. The fourth-order valence-corrected chi connectivity index (χ4v) is 4.60. The quantitative estimate of drug-likeness (QED) is 0.630. The average Bonchev–Trinajstić information content (AvgIpc) is 3.30. The van der Waals surface area contributed by atoms with Crippen LogP contribution in [0.1, 0.15) is 84.9 Å². The van der Waals surface area contributed by atoms with Gasteiger partial charge in [0.05, 0.1) is 0 Å². The zero-order chi connectivity index (χ0) is 26.7. The first-order valence-corrected chi connectivity index (χ1v) is 12.8. The molecule has 0 saturated carbocycles. The molecule has 0 aliphatic carbocycles. The molecule has 0 radical (unpaired) electrons. The number of hydrogen-bond donors (Lipinski definition) is 1. The van der Waals surface area contributed by atoms with Crippen LogP contribution in [0.2, 0.25) is 0 Å². The lowest BCUT2D eigenvalue weighted by Gasteiger charge is -2.37. The van der Waals surface area contributed by atoms with Crippen molar-refractivity contribution in [2.75, 3.05) is 11.4 Å². The van der Waals surface area contributed by atoms with Crippen molar-refractivity contribution in [2.45, 2.75) is 90.8 Å². The van der Waals surface area contributed by atoms with Crippen LogP contribution in [-0.4, -0.2) is 45.7 Å². The number of hydrogen-bond acceptors (Lipinski definition) is 4. The maximum Gasteiger partial charge on any atom is 0.250 e. The number of benzene rings is 1. The Hall–Kier alpha value is -3.22. The maximum absolute atomic E-state index is 14.3. The summed E-state index contributed by atoms with van der Waals surface area (Å²) in [7, 11) is 0. The maximum atomic E-state index is 14.3. The van der Waals surface area contributed by atoms with E-state index < -0.39 is 17.6 Å². The van der Waals surface area contributed by atoms with E-state index in [1.165, 1.54) is 0 Å². The lowest BCUT2D eigenvalue weighted by molar-refractivity contribution is -0.137. The molecule has 1 unspecified atom stereocenters. The third-order valence-electron chi connectivity index (χ3n) is 6.41. The summed E-state index contributed by atoms with van der Waals surface area (Å²) in [6.07, 6.45) is 4.93. The first kappa shape index (κ1) is 27.4. The van der Waals surface area contributed by atoms with E-state index in [0.29, 0.717) is 30.6 Å². The largest absolute Gasteiger partial charge is 0.349 e. The second kappa shape index (κ2) is 10.8. The molecule has 0 bridgehead atoms. The Morgan fingerprint density at radius 2 is 1.75 bits per heavy atom. The molecule has 2 atom stereocenters. The third kappa shape index (κ3) is 6.31. The molecular weight excluding hydrogens is 452 g/mol. The Bertz CT molecular complexity index is 1070. The second-order valence-electron chi connectivity index (χ2n) is 11.5. The van der Waals surface area contributed by atoms with Gasteiger partial charge in [0.25, 0.3) is 5.91 Å². The van der Waals surface area contributed by atoms with Gasteiger partial charge in [-0.2, -0.15) is 0 Å². The predicted molar refractivity (Wildman–Crippen MR) is 143 cm³/mol. The number of likely N-dealkylation sites (tertiary alicyclic amines) is 1. The van der Waals surface area contributed by atoms with Crippen molar-refractivity contribution in [3.63, 3.8) is 0 Å². The van der Waals surface area contributed by atoms with Crippen molar-refractivity contribution in [3.8, 4) is 0 Å². The summed E-state index contributed by atoms with van der Waals surface area (Å²) in [5.41, 5.74) is 1.79. The molecule has 1 aliphatic heterocycles. The van der Waals surface area contributed by atoms with Crippen LogP contribution < -0.4 is 10.2 Å². The van der Waals surface area contributed by atoms with Crippen molar-refractivity contribution in [1.29, 1.82) is 0 Å². The number of pyridine rings is 1. The molecule has 36 heavy (non-hydrogen) atoms. The van der Waals surface area contributed by atoms with E-state index >= 15 is 0 Å². The van der Waals surface area contributed by atoms with E-state index in [0.717, 1.165) is 12.0 Å². The molecule has 1 aromatic heterocycles. The average molecular weight is 493 g/mol. The van der Waals surface area contributed by atoms with Gasteiger partial charge in [-0.15, -0.1) is 0 Å². The first-order valence-electron chi connectivity index (χ1n) is 12.8. The molecule has 2 aromatic rings. The highest BCUT2D eigenvalue weighted by atomic mass is 16.2. The van der Waals surface area contributed by atoms with Gasteiger partial charge in [0, 0.05) is 42.1 Å². The van der Waals surface area contributed by atoms with E-state index in [1.54, 1.807) is 35.2 Å². The standard InChI is InChI=1S/C29H40N4O3/c1-8-24(34)32-18-10-12-23(32)27(36)33(22-15-13-21(14-16-22)28(2,3)4)25(20-11-9-17-30-19-20)26(35)31-29(5,6)7/h9,11,13-17,19,23,25H,8,10,12,18H2,1-7H3,(H,31,35)/t23-,25?/m0/s1. The van der Waals surface area contributed by atoms with Crippen molar-refractivity contribution >= 4 is 23.4 Å². The molecule has 0 spiro atoms. The van der Waals surface area contributed by atoms with E-state index in [4.69, 9.17) is 0 Å². The van der Waals surface area contributed by atoms with Gasteiger partial charge >= 0.3 is 0 Å². The Morgan fingerprint density at radius 1 is 1.08 bits per heavy atom. The molecule has 2 heterocycles. The van der Waals surface area contributed by atoms with Gasteiger partial charge in [0.2, 0.25) is 11.8 Å². The Morgan fingerprint density at radius 3 is 2.28 bits per heavy atom. The number of nitrogens with one attached hydrogen (secondary N) is 1. The van der Waals surface area contributed by atoms with Crippen LogP contribution in [0.15, 0.2) is 48.8 Å². The summed E-state index contributed by atoms with van der Waals surface area (Å²) in [6.45, 7) is 14.5. The summed E-state index contributed by atoms with van der Waals surface area (Å²) in [6, 6.07) is 9.82. The van der Waals surface area contributed by atoms with Gasteiger partial charge in [0.1, 0.15) is 12.1 Å². The Labute approximate surface area is 215 Å². The van der Waals surface area contributed by atoms with Crippen molar-refractivity contribution in [2.24, 2.45) is 0 Å². The van der Waals surface area contributed by atoms with E-state index in [2.05, 4.69) is 31.1 Å². The van der Waals surface area contributed by atoms with Crippen LogP contribution >= 0.6 is 0 Å². The molecule has 3 rings (SSSR count). The van der Waals surface area contributed by atoms with Crippen LogP contribution in [0.25, 0.3) is 0 Å². The zero-order valence-corrected chi connectivity index (χ0v) is 22.7. The molecule has 1 aromatic carbocycles. The summed E-state index contributed by atoms with van der Waals surface area (Å²) < 4.78 is 0. The fraction of sp³-hybridized carbons (Fsp3) is 0.517. The fourth-order valence-electron chi connectivity index (χ4n) is 4.60. The van der Waals surface area contributed by atoms with Crippen LogP contribution in [0.3, 0.4) is 0 Å². The molecule has 1 N–H and O–H groups in total. The molecular formula is C29H40N4O3. The van der Waals surface area contributed by atoms with Gasteiger partial charge in [-0.25, -0.2) is 0 Å². The molecule has 194 valence electrons. The van der Waals surface area contributed by atoms with Crippen molar-refractivity contribution in [1.82, 2.24) is 15.2 Å². The number of carbonyl (C=O) groups excluding carboxylic acids is 3. The van der Waals surface area contributed by atoms with Crippen molar-refractivity contribution in [3.05, 3.63) is 59.9 Å². The van der Waals surface area contributed by atoms with Crippen molar-refractivity contribution < 1.29 is 14.4 Å². The number of aromatic nitrogens is 1. The minimum Gasteiger partial charge on any atom is -0.349 e. The monoisotopic (exact) mass is 492 g/mol. The lowest BCUT2D eigenvalue weighted by atomic mass is 9.87.